The molecular formula is C25H40N4O2. The maximum atomic E-state index is 12.5. The molecule has 0 heterocycles. The van der Waals surface area contributed by atoms with Crippen LogP contribution >= 0.6 is 0 Å². The van der Waals surface area contributed by atoms with E-state index in [1.54, 1.807) is 0 Å². The minimum absolute atomic E-state index is 0.0492. The summed E-state index contributed by atoms with van der Waals surface area (Å²) < 4.78 is 0. The number of hydrogen-bond donors (Lipinski definition) is 4. The summed E-state index contributed by atoms with van der Waals surface area (Å²) in [5, 5.41) is 17.4. The van der Waals surface area contributed by atoms with E-state index in [4.69, 9.17) is 5.41 Å². The van der Waals surface area contributed by atoms with Gasteiger partial charge in [0.25, 0.3) is 0 Å². The Balaban J connectivity index is 1.68. The third-order valence-corrected chi connectivity index (χ3v) is 6.22. The van der Waals surface area contributed by atoms with Gasteiger partial charge in [0.1, 0.15) is 6.29 Å². The lowest BCUT2D eigenvalue weighted by Crippen LogP contribution is -2.54. The molecular weight excluding hydrogens is 388 g/mol. The zero-order valence-electron chi connectivity index (χ0n) is 19.3. The van der Waals surface area contributed by atoms with Crippen LogP contribution in [0.4, 0.5) is 0 Å². The SMILES string of the molecule is CCCCC(C=O)(CCCC)NC(=N)NCCCNC(=O)C1CCc2ccccc2C1. The second-order valence-corrected chi connectivity index (χ2v) is 8.76. The first-order valence-electron chi connectivity index (χ1n) is 11.9. The van der Waals surface area contributed by atoms with Crippen molar-refractivity contribution in [3.05, 3.63) is 35.4 Å². The number of nitrogens with one attached hydrogen (secondary N) is 4. The predicted octanol–water partition coefficient (Wildman–Crippen LogP) is 3.73. The van der Waals surface area contributed by atoms with Crippen LogP contribution in [0, 0.1) is 11.3 Å². The molecule has 1 aromatic rings. The van der Waals surface area contributed by atoms with Crippen LogP contribution < -0.4 is 16.0 Å². The van der Waals surface area contributed by atoms with Gasteiger partial charge >= 0.3 is 0 Å². The molecule has 1 aliphatic rings. The highest BCUT2D eigenvalue weighted by Crippen LogP contribution is 2.25. The van der Waals surface area contributed by atoms with Gasteiger partial charge in [-0.05, 0) is 49.7 Å². The molecule has 2 rings (SSSR count). The zero-order chi connectivity index (χ0) is 22.5. The number of carbonyl (C=O) groups is 2. The Labute approximate surface area is 187 Å². The number of unbranched alkanes of at least 4 members (excludes halogenated alkanes) is 2. The van der Waals surface area contributed by atoms with Gasteiger partial charge in [-0.25, -0.2) is 0 Å². The second kappa shape index (κ2) is 13.1. The fourth-order valence-electron chi connectivity index (χ4n) is 4.25. The fourth-order valence-corrected chi connectivity index (χ4v) is 4.25. The van der Waals surface area contributed by atoms with Crippen molar-refractivity contribution in [2.45, 2.75) is 83.6 Å². The van der Waals surface area contributed by atoms with Crippen molar-refractivity contribution in [3.63, 3.8) is 0 Å². The quantitative estimate of drug-likeness (QED) is 0.167. The number of aldehydes is 1. The monoisotopic (exact) mass is 428 g/mol. The number of rotatable bonds is 13. The molecule has 4 N–H and O–H groups in total. The zero-order valence-corrected chi connectivity index (χ0v) is 19.3. The first-order valence-corrected chi connectivity index (χ1v) is 11.9. The van der Waals surface area contributed by atoms with Gasteiger partial charge in [-0.1, -0.05) is 63.8 Å². The van der Waals surface area contributed by atoms with E-state index >= 15 is 0 Å². The predicted molar refractivity (Wildman–Crippen MR) is 126 cm³/mol. The molecule has 1 aliphatic carbocycles. The summed E-state index contributed by atoms with van der Waals surface area (Å²) in [6.45, 7) is 5.39. The summed E-state index contributed by atoms with van der Waals surface area (Å²) in [4.78, 5) is 24.3. The smallest absolute Gasteiger partial charge is 0.223 e. The Morgan fingerprint density at radius 1 is 1.06 bits per heavy atom. The number of guanidine groups is 1. The van der Waals surface area contributed by atoms with Crippen LogP contribution in [0.5, 0.6) is 0 Å². The summed E-state index contributed by atoms with van der Waals surface area (Å²) in [5.41, 5.74) is 2.01. The Hall–Kier alpha value is -2.37. The molecule has 1 unspecified atom stereocenters. The Kier molecular flexibility index (Phi) is 10.5. The van der Waals surface area contributed by atoms with Crippen LogP contribution in [0.3, 0.4) is 0 Å². The molecule has 0 saturated carbocycles. The number of aryl methyl sites for hydroxylation is 1. The van der Waals surface area contributed by atoms with E-state index in [2.05, 4.69) is 48.0 Å². The van der Waals surface area contributed by atoms with Gasteiger partial charge in [-0.3, -0.25) is 10.2 Å². The molecule has 6 nitrogen and oxygen atoms in total. The lowest BCUT2D eigenvalue weighted by atomic mass is 9.83. The van der Waals surface area contributed by atoms with E-state index in [0.29, 0.717) is 13.1 Å². The highest BCUT2D eigenvalue weighted by atomic mass is 16.1. The molecule has 0 saturated heterocycles. The molecule has 6 heteroatoms. The van der Waals surface area contributed by atoms with E-state index in [1.165, 1.54) is 11.1 Å². The molecule has 1 amide bonds. The molecule has 0 spiro atoms. The van der Waals surface area contributed by atoms with Gasteiger partial charge in [0.15, 0.2) is 5.96 Å². The van der Waals surface area contributed by atoms with Crippen molar-refractivity contribution in [1.29, 1.82) is 5.41 Å². The van der Waals surface area contributed by atoms with E-state index < -0.39 is 5.54 Å². The minimum atomic E-state index is -0.651. The van der Waals surface area contributed by atoms with Crippen molar-refractivity contribution < 1.29 is 9.59 Å². The van der Waals surface area contributed by atoms with Crippen LogP contribution in [0.15, 0.2) is 24.3 Å². The van der Waals surface area contributed by atoms with Crippen molar-refractivity contribution in [2.24, 2.45) is 5.92 Å². The van der Waals surface area contributed by atoms with E-state index in [0.717, 1.165) is 70.5 Å². The van der Waals surface area contributed by atoms with E-state index in [1.807, 2.05) is 6.07 Å². The highest BCUT2D eigenvalue weighted by Gasteiger charge is 2.29. The van der Waals surface area contributed by atoms with Crippen molar-refractivity contribution in [3.8, 4) is 0 Å². The molecule has 0 aromatic heterocycles. The van der Waals surface area contributed by atoms with Gasteiger partial charge in [-0.15, -0.1) is 0 Å². The topological polar surface area (TPSA) is 94.1 Å². The summed E-state index contributed by atoms with van der Waals surface area (Å²) in [6.07, 6.45) is 9.86. The maximum absolute atomic E-state index is 12.5. The molecule has 0 aliphatic heterocycles. The van der Waals surface area contributed by atoms with Crippen LogP contribution in [-0.2, 0) is 22.4 Å². The van der Waals surface area contributed by atoms with Crippen LogP contribution in [0.2, 0.25) is 0 Å². The first kappa shape index (κ1) is 24.9. The van der Waals surface area contributed by atoms with Crippen LogP contribution in [0.25, 0.3) is 0 Å². The van der Waals surface area contributed by atoms with Crippen molar-refractivity contribution in [1.82, 2.24) is 16.0 Å². The Morgan fingerprint density at radius 3 is 2.35 bits per heavy atom. The van der Waals surface area contributed by atoms with E-state index in [-0.39, 0.29) is 17.8 Å². The third-order valence-electron chi connectivity index (χ3n) is 6.22. The van der Waals surface area contributed by atoms with Gasteiger partial charge in [-0.2, -0.15) is 0 Å². The number of hydrogen-bond acceptors (Lipinski definition) is 3. The average molecular weight is 429 g/mol. The van der Waals surface area contributed by atoms with Gasteiger partial charge < -0.3 is 20.7 Å². The standard InChI is InChI=1S/C25H40N4O2/c1-3-5-14-25(19-30,15-6-4-2)29-24(26)28-17-9-16-27-23(31)22-13-12-20-10-7-8-11-21(20)18-22/h7-8,10-11,19,22H,3-6,9,12-18H2,1-2H3,(H,27,31)(H3,26,28,29). The molecule has 172 valence electrons. The highest BCUT2D eigenvalue weighted by molar-refractivity contribution is 5.82. The molecule has 31 heavy (non-hydrogen) atoms. The number of carbonyl (C=O) groups excluding carboxylic acids is 2. The molecule has 0 radical (unpaired) electrons. The van der Waals surface area contributed by atoms with Crippen LogP contribution in [0.1, 0.15) is 76.3 Å². The number of benzene rings is 1. The second-order valence-electron chi connectivity index (χ2n) is 8.76. The van der Waals surface area contributed by atoms with Crippen LogP contribution in [-0.4, -0.2) is 36.8 Å². The largest absolute Gasteiger partial charge is 0.356 e. The minimum Gasteiger partial charge on any atom is -0.356 e. The van der Waals surface area contributed by atoms with E-state index in [9.17, 15) is 9.59 Å². The molecule has 0 fully saturated rings. The van der Waals surface area contributed by atoms with Crippen molar-refractivity contribution >= 4 is 18.2 Å². The fraction of sp³-hybridized carbons (Fsp3) is 0.640. The summed E-state index contributed by atoms with van der Waals surface area (Å²) in [6, 6.07) is 8.38. The summed E-state index contributed by atoms with van der Waals surface area (Å²) in [5.74, 6) is 0.365. The lowest BCUT2D eigenvalue weighted by Gasteiger charge is -2.30. The molecule has 1 aromatic carbocycles. The Bertz CT molecular complexity index is 711. The number of fused-ring (bicyclic) bond motifs is 1. The molecule has 1 atom stereocenters. The third kappa shape index (κ3) is 8.00. The van der Waals surface area contributed by atoms with Gasteiger partial charge in [0.05, 0.1) is 5.54 Å². The maximum Gasteiger partial charge on any atom is 0.223 e. The normalized spacial score (nSPS) is 15.6. The summed E-state index contributed by atoms with van der Waals surface area (Å²) >= 11 is 0. The molecule has 0 bridgehead atoms. The Morgan fingerprint density at radius 2 is 1.71 bits per heavy atom. The first-order chi connectivity index (χ1) is 15.0. The summed E-state index contributed by atoms with van der Waals surface area (Å²) in [7, 11) is 0. The van der Waals surface area contributed by atoms with Gasteiger partial charge in [0.2, 0.25) is 5.91 Å². The average Bonchev–Trinajstić information content (AvgIpc) is 2.80. The van der Waals surface area contributed by atoms with Gasteiger partial charge in [0, 0.05) is 19.0 Å². The van der Waals surface area contributed by atoms with Crippen molar-refractivity contribution in [2.75, 3.05) is 13.1 Å². The lowest BCUT2D eigenvalue weighted by molar-refractivity contribution is -0.125. The number of amides is 1.